The number of aryl methyl sites for hydroxylation is 2. The van der Waals surface area contributed by atoms with E-state index in [1.807, 2.05) is 50.2 Å². The van der Waals surface area contributed by atoms with Crippen molar-refractivity contribution in [3.63, 3.8) is 0 Å². The lowest BCUT2D eigenvalue weighted by Crippen LogP contribution is -2.52. The van der Waals surface area contributed by atoms with Crippen molar-refractivity contribution in [2.24, 2.45) is 0 Å². The normalized spacial score (nSPS) is 13.9. The number of anilines is 1. The van der Waals surface area contributed by atoms with E-state index in [2.05, 4.69) is 20.6 Å². The molecule has 0 spiro atoms. The highest BCUT2D eigenvalue weighted by Gasteiger charge is 2.25. The maximum Gasteiger partial charge on any atom is 0.321 e. The van der Waals surface area contributed by atoms with Crippen molar-refractivity contribution in [2.75, 3.05) is 43.1 Å². The van der Waals surface area contributed by atoms with Gasteiger partial charge in [-0.3, -0.25) is 4.79 Å². The summed E-state index contributed by atoms with van der Waals surface area (Å²) in [6, 6.07) is 11.1. The second kappa shape index (κ2) is 9.30. The summed E-state index contributed by atoms with van der Waals surface area (Å²) in [6.45, 7) is 5.71. The lowest BCUT2D eigenvalue weighted by molar-refractivity contribution is -0.129. The Labute approximate surface area is 189 Å². The van der Waals surface area contributed by atoms with Crippen molar-refractivity contribution >= 4 is 29.4 Å². The van der Waals surface area contributed by atoms with E-state index in [0.29, 0.717) is 37.3 Å². The minimum atomic E-state index is -0.161. The van der Waals surface area contributed by atoms with Crippen molar-refractivity contribution in [2.45, 2.75) is 19.0 Å². The third-order valence-corrected chi connectivity index (χ3v) is 6.04. The zero-order valence-corrected chi connectivity index (χ0v) is 18.7. The molecule has 4 rings (SSSR count). The molecule has 12 heteroatoms. The van der Waals surface area contributed by atoms with Crippen LogP contribution in [0.5, 0.6) is 0 Å². The van der Waals surface area contributed by atoms with Crippen LogP contribution in [0.4, 0.5) is 10.5 Å². The van der Waals surface area contributed by atoms with Crippen LogP contribution in [0.1, 0.15) is 11.4 Å². The van der Waals surface area contributed by atoms with E-state index in [1.165, 1.54) is 16.4 Å². The fourth-order valence-electron chi connectivity index (χ4n) is 3.44. The van der Waals surface area contributed by atoms with Crippen molar-refractivity contribution in [1.82, 2.24) is 34.5 Å². The molecule has 0 aliphatic carbocycles. The number of nitrogen functional groups attached to an aromatic ring is 1. The predicted molar refractivity (Wildman–Crippen MR) is 121 cm³/mol. The molecule has 0 bridgehead atoms. The molecule has 11 nitrogen and oxygen atoms in total. The number of hydrogen-bond donors (Lipinski definition) is 2. The smallest absolute Gasteiger partial charge is 0.321 e. The monoisotopic (exact) mass is 455 g/mol. The first-order valence-electron chi connectivity index (χ1n) is 10.2. The van der Waals surface area contributed by atoms with E-state index in [-0.39, 0.29) is 17.7 Å². The lowest BCUT2D eigenvalue weighted by Gasteiger charge is -2.34. The van der Waals surface area contributed by atoms with Gasteiger partial charge >= 0.3 is 6.03 Å². The Kier molecular flexibility index (Phi) is 6.30. The SMILES string of the molecule is Cc1cc(C)n(-c2nnc(SCC(=O)N3CCN(C(=O)Nc4ccccc4)CC3)n2N)n1. The third-order valence-electron chi connectivity index (χ3n) is 5.11. The first kappa shape index (κ1) is 21.7. The molecule has 1 saturated heterocycles. The van der Waals surface area contributed by atoms with Crippen LogP contribution in [0.25, 0.3) is 5.95 Å². The fourth-order valence-corrected chi connectivity index (χ4v) is 4.20. The number of nitrogens with zero attached hydrogens (tertiary/aromatic N) is 7. The number of carbonyl (C=O) groups excluding carboxylic acids is 2. The molecule has 32 heavy (non-hydrogen) atoms. The molecule has 0 atom stereocenters. The number of benzene rings is 1. The molecule has 1 fully saturated rings. The van der Waals surface area contributed by atoms with E-state index in [9.17, 15) is 9.59 Å². The van der Waals surface area contributed by atoms with Gasteiger partial charge in [-0.25, -0.2) is 14.2 Å². The first-order valence-corrected chi connectivity index (χ1v) is 11.2. The van der Waals surface area contributed by atoms with Crippen LogP contribution in [0, 0.1) is 13.8 Å². The van der Waals surface area contributed by atoms with E-state index in [4.69, 9.17) is 5.84 Å². The number of nitrogens with two attached hydrogens (primary N) is 1. The quantitative estimate of drug-likeness (QED) is 0.438. The number of urea groups is 1. The number of thioether (sulfide) groups is 1. The fraction of sp³-hybridized carbons (Fsp3) is 0.350. The molecule has 0 unspecified atom stereocenters. The van der Waals surface area contributed by atoms with Crippen LogP contribution in [0.15, 0.2) is 41.6 Å². The maximum atomic E-state index is 12.7. The zero-order chi connectivity index (χ0) is 22.7. The standard InChI is InChI=1S/C20H25N9O2S/c1-14-12-15(2)29(25-14)18-23-24-20(28(18)21)32-13-17(30)26-8-10-27(11-9-26)19(31)22-16-6-4-3-5-7-16/h3-7,12H,8-11,13,21H2,1-2H3,(H,22,31). The summed E-state index contributed by atoms with van der Waals surface area (Å²) in [4.78, 5) is 28.5. The highest BCUT2D eigenvalue weighted by Crippen LogP contribution is 2.18. The Morgan fingerprint density at radius 2 is 1.75 bits per heavy atom. The molecule has 3 aromatic rings. The van der Waals surface area contributed by atoms with Crippen LogP contribution in [-0.4, -0.2) is 78.3 Å². The molecule has 1 aromatic carbocycles. The van der Waals surface area contributed by atoms with E-state index in [1.54, 1.807) is 14.5 Å². The Hall–Kier alpha value is -3.54. The van der Waals surface area contributed by atoms with Crippen molar-refractivity contribution in [1.29, 1.82) is 0 Å². The number of hydrogen-bond acceptors (Lipinski definition) is 7. The highest BCUT2D eigenvalue weighted by molar-refractivity contribution is 7.99. The molecule has 3 amide bonds. The summed E-state index contributed by atoms with van der Waals surface area (Å²) in [5, 5.41) is 15.9. The zero-order valence-electron chi connectivity index (χ0n) is 17.9. The van der Waals surface area contributed by atoms with Crippen molar-refractivity contribution in [3.8, 4) is 5.95 Å². The van der Waals surface area contributed by atoms with Crippen molar-refractivity contribution < 1.29 is 9.59 Å². The molecule has 0 saturated carbocycles. The van der Waals surface area contributed by atoms with E-state index in [0.717, 1.165) is 17.1 Å². The van der Waals surface area contributed by atoms with Gasteiger partial charge in [-0.1, -0.05) is 30.0 Å². The van der Waals surface area contributed by atoms with E-state index < -0.39 is 0 Å². The molecule has 1 aliphatic heterocycles. The predicted octanol–water partition coefficient (Wildman–Crippen LogP) is 1.26. The molecule has 0 radical (unpaired) electrons. The van der Waals surface area contributed by atoms with Gasteiger partial charge < -0.3 is 21.0 Å². The highest BCUT2D eigenvalue weighted by atomic mass is 32.2. The summed E-state index contributed by atoms with van der Waals surface area (Å²) in [5.74, 6) is 6.67. The van der Waals surface area contributed by atoms with Gasteiger partial charge in [-0.2, -0.15) is 5.10 Å². The number of para-hydroxylation sites is 1. The second-order valence-corrected chi connectivity index (χ2v) is 8.39. The van der Waals surface area contributed by atoms with Gasteiger partial charge in [0.2, 0.25) is 11.1 Å². The minimum Gasteiger partial charge on any atom is -0.338 e. The molecular weight excluding hydrogens is 430 g/mol. The molecule has 3 heterocycles. The topological polar surface area (TPSA) is 127 Å². The number of amides is 3. The van der Waals surface area contributed by atoms with Gasteiger partial charge in [0.05, 0.1) is 11.4 Å². The van der Waals surface area contributed by atoms with Gasteiger partial charge in [0.15, 0.2) is 0 Å². The number of piperazine rings is 1. The Bertz CT molecular complexity index is 1100. The third kappa shape index (κ3) is 4.69. The van der Waals surface area contributed by atoms with Gasteiger partial charge in [0.25, 0.3) is 5.95 Å². The van der Waals surface area contributed by atoms with Crippen molar-refractivity contribution in [3.05, 3.63) is 47.8 Å². The van der Waals surface area contributed by atoms with Gasteiger partial charge in [-0.15, -0.1) is 10.2 Å². The average molecular weight is 456 g/mol. The van der Waals surface area contributed by atoms with Crippen LogP contribution < -0.4 is 11.2 Å². The number of aromatic nitrogens is 5. The number of nitrogens with one attached hydrogen (secondary N) is 1. The van der Waals surface area contributed by atoms with Crippen LogP contribution in [0.3, 0.4) is 0 Å². The molecule has 3 N–H and O–H groups in total. The molecule has 168 valence electrons. The van der Waals surface area contributed by atoms with Gasteiger partial charge in [0.1, 0.15) is 0 Å². The summed E-state index contributed by atoms with van der Waals surface area (Å²) >= 11 is 1.22. The Morgan fingerprint density at radius 1 is 1.06 bits per heavy atom. The summed E-state index contributed by atoms with van der Waals surface area (Å²) in [5.41, 5.74) is 2.49. The number of carbonyl (C=O) groups is 2. The lowest BCUT2D eigenvalue weighted by atomic mass is 10.3. The van der Waals surface area contributed by atoms with E-state index >= 15 is 0 Å². The Morgan fingerprint density at radius 3 is 2.41 bits per heavy atom. The average Bonchev–Trinajstić information content (AvgIpc) is 3.33. The summed E-state index contributed by atoms with van der Waals surface area (Å²) in [6.07, 6.45) is 0. The second-order valence-electron chi connectivity index (χ2n) is 7.44. The molecule has 2 aromatic heterocycles. The Balaban J connectivity index is 1.28. The first-order chi connectivity index (χ1) is 15.4. The van der Waals surface area contributed by atoms with Crippen LogP contribution in [-0.2, 0) is 4.79 Å². The van der Waals surface area contributed by atoms with Gasteiger partial charge in [-0.05, 0) is 32.0 Å². The minimum absolute atomic E-state index is 0.0335. The van der Waals surface area contributed by atoms with Gasteiger partial charge in [0, 0.05) is 37.6 Å². The largest absolute Gasteiger partial charge is 0.338 e. The summed E-state index contributed by atoms with van der Waals surface area (Å²) in [7, 11) is 0. The number of rotatable bonds is 5. The molecular formula is C20H25N9O2S. The molecule has 1 aliphatic rings. The summed E-state index contributed by atoms with van der Waals surface area (Å²) < 4.78 is 2.96. The maximum absolute atomic E-state index is 12.7. The van der Waals surface area contributed by atoms with Crippen LogP contribution in [0.2, 0.25) is 0 Å². The van der Waals surface area contributed by atoms with Crippen LogP contribution >= 0.6 is 11.8 Å².